The van der Waals surface area contributed by atoms with Gasteiger partial charge in [-0.2, -0.15) is 13.9 Å². The van der Waals surface area contributed by atoms with E-state index in [0.29, 0.717) is 5.69 Å². The summed E-state index contributed by atoms with van der Waals surface area (Å²) in [7, 11) is 0. The zero-order valence-corrected chi connectivity index (χ0v) is 10.0. The van der Waals surface area contributed by atoms with Crippen molar-refractivity contribution in [2.24, 2.45) is 0 Å². The Morgan fingerprint density at radius 1 is 1.37 bits per heavy atom. The lowest BCUT2D eigenvalue weighted by atomic mass is 10.1. The molecule has 0 amide bonds. The van der Waals surface area contributed by atoms with E-state index < -0.39 is 30.7 Å². The number of halogens is 4. The van der Waals surface area contributed by atoms with Crippen LogP contribution in [0.4, 0.5) is 23.4 Å². The number of alkyl halides is 4. The summed E-state index contributed by atoms with van der Waals surface area (Å²) in [6.07, 6.45) is -3.85. The number of aryl methyl sites for hydroxylation is 1. The molecule has 0 aliphatic heterocycles. The Morgan fingerprint density at radius 2 is 1.95 bits per heavy atom. The summed E-state index contributed by atoms with van der Waals surface area (Å²) in [6.45, 7) is 1.48. The smallest absolute Gasteiger partial charge is 0.339 e. The first-order chi connectivity index (χ1) is 8.66. The van der Waals surface area contributed by atoms with Crippen molar-refractivity contribution in [2.45, 2.75) is 26.2 Å². The maximum absolute atomic E-state index is 12.7. The van der Waals surface area contributed by atoms with Crippen molar-refractivity contribution in [3.8, 4) is 0 Å². The highest BCUT2D eigenvalue weighted by Gasteiger charge is 2.40. The maximum Gasteiger partial charge on any atom is 0.339 e. The molecule has 1 heterocycles. The molecule has 1 rings (SSSR count). The largest absolute Gasteiger partial charge is 0.478 e. The Labute approximate surface area is 105 Å². The molecular formula is C10H11F4N3O2. The van der Waals surface area contributed by atoms with Crippen molar-refractivity contribution in [2.75, 3.05) is 11.9 Å². The van der Waals surface area contributed by atoms with E-state index >= 15 is 0 Å². The number of hydrogen-bond donors (Lipinski definition) is 2. The fourth-order valence-corrected chi connectivity index (χ4v) is 1.27. The molecule has 1 aromatic rings. The molecule has 9 heteroatoms. The number of aromatic nitrogens is 2. The molecule has 0 radical (unpaired) electrons. The van der Waals surface area contributed by atoms with Crippen LogP contribution in [0.3, 0.4) is 0 Å². The van der Waals surface area contributed by atoms with Crippen LogP contribution in [-0.2, 0) is 0 Å². The summed E-state index contributed by atoms with van der Waals surface area (Å²) in [6, 6.07) is 0. The van der Waals surface area contributed by atoms with E-state index in [1.165, 1.54) is 13.8 Å². The molecule has 0 aromatic carbocycles. The van der Waals surface area contributed by atoms with Crippen LogP contribution in [0.2, 0.25) is 0 Å². The number of carbonyl (C=O) groups is 1. The molecule has 0 atom stereocenters. The molecule has 2 N–H and O–H groups in total. The van der Waals surface area contributed by atoms with Crippen molar-refractivity contribution >= 4 is 11.8 Å². The Bertz CT molecular complexity index is 494. The van der Waals surface area contributed by atoms with Crippen LogP contribution in [0.15, 0.2) is 0 Å². The Morgan fingerprint density at radius 3 is 2.42 bits per heavy atom. The van der Waals surface area contributed by atoms with Crippen LogP contribution in [0.1, 0.15) is 21.6 Å². The van der Waals surface area contributed by atoms with E-state index in [9.17, 15) is 22.4 Å². The Balaban J connectivity index is 3.03. The lowest BCUT2D eigenvalue weighted by molar-refractivity contribution is -0.117. The van der Waals surface area contributed by atoms with Gasteiger partial charge in [-0.25, -0.2) is 13.6 Å². The predicted molar refractivity (Wildman–Crippen MR) is 57.9 cm³/mol. The summed E-state index contributed by atoms with van der Waals surface area (Å²) in [5.41, 5.74) is 0.173. The van der Waals surface area contributed by atoms with Gasteiger partial charge < -0.3 is 10.4 Å². The second-order valence-electron chi connectivity index (χ2n) is 3.85. The Kier molecular flexibility index (Phi) is 4.28. The van der Waals surface area contributed by atoms with Crippen molar-refractivity contribution in [3.63, 3.8) is 0 Å². The summed E-state index contributed by atoms with van der Waals surface area (Å²) >= 11 is 0. The quantitative estimate of drug-likeness (QED) is 0.808. The molecule has 106 valence electrons. The molecule has 5 nitrogen and oxygen atoms in total. The van der Waals surface area contributed by atoms with Crippen LogP contribution in [0, 0.1) is 13.8 Å². The molecule has 1 aromatic heterocycles. The first-order valence-corrected chi connectivity index (χ1v) is 5.14. The maximum atomic E-state index is 12.7. The highest BCUT2D eigenvalue weighted by atomic mass is 19.3. The number of carboxylic acids is 1. The minimum absolute atomic E-state index is 0.227. The van der Waals surface area contributed by atoms with Gasteiger partial charge in [0.05, 0.1) is 12.2 Å². The topological polar surface area (TPSA) is 75.1 Å². The minimum atomic E-state index is -4.28. The third-order valence-corrected chi connectivity index (χ3v) is 2.48. The molecule has 0 unspecified atom stereocenters. The predicted octanol–water partition coefficient (Wildman–Crippen LogP) is 2.10. The van der Waals surface area contributed by atoms with Crippen LogP contribution < -0.4 is 5.32 Å². The van der Waals surface area contributed by atoms with Gasteiger partial charge in [0.25, 0.3) is 0 Å². The van der Waals surface area contributed by atoms with E-state index in [2.05, 4.69) is 10.2 Å². The Hall–Kier alpha value is -1.93. The zero-order valence-electron chi connectivity index (χ0n) is 10.0. The van der Waals surface area contributed by atoms with Gasteiger partial charge in [0, 0.05) is 0 Å². The number of hydrogen-bond acceptors (Lipinski definition) is 4. The van der Waals surface area contributed by atoms with Gasteiger partial charge in [-0.05, 0) is 19.4 Å². The highest BCUT2D eigenvalue weighted by Crippen LogP contribution is 2.24. The first-order valence-electron chi connectivity index (χ1n) is 5.14. The molecular weight excluding hydrogens is 270 g/mol. The van der Waals surface area contributed by atoms with Crippen LogP contribution in [-0.4, -0.2) is 40.2 Å². The SMILES string of the molecule is Cc1nnc(NCC(F)(F)C(F)F)c(C(=O)O)c1C. The molecule has 0 aliphatic carbocycles. The average Bonchev–Trinajstić information content (AvgIpc) is 2.29. The summed E-state index contributed by atoms with van der Waals surface area (Å²) in [4.78, 5) is 11.0. The van der Waals surface area contributed by atoms with Gasteiger partial charge >= 0.3 is 18.3 Å². The summed E-state index contributed by atoms with van der Waals surface area (Å²) in [5, 5.41) is 17.8. The van der Waals surface area contributed by atoms with Crippen LogP contribution in [0.25, 0.3) is 0 Å². The molecule has 0 fully saturated rings. The number of anilines is 1. The molecule has 0 bridgehead atoms. The second-order valence-corrected chi connectivity index (χ2v) is 3.85. The normalized spacial score (nSPS) is 11.7. The van der Waals surface area contributed by atoms with Crippen molar-refractivity contribution in [3.05, 3.63) is 16.8 Å². The third kappa shape index (κ3) is 3.30. The highest BCUT2D eigenvalue weighted by molar-refractivity contribution is 5.94. The van der Waals surface area contributed by atoms with Crippen LogP contribution in [0.5, 0.6) is 0 Å². The summed E-state index contributed by atoms with van der Waals surface area (Å²) in [5.74, 6) is -6.15. The fraction of sp³-hybridized carbons (Fsp3) is 0.500. The summed E-state index contributed by atoms with van der Waals surface area (Å²) < 4.78 is 49.4. The van der Waals surface area contributed by atoms with Gasteiger partial charge in [0.15, 0.2) is 5.82 Å². The van der Waals surface area contributed by atoms with E-state index in [1.54, 1.807) is 0 Å². The minimum Gasteiger partial charge on any atom is -0.478 e. The van der Waals surface area contributed by atoms with Crippen molar-refractivity contribution in [1.29, 1.82) is 0 Å². The third-order valence-electron chi connectivity index (χ3n) is 2.48. The molecule has 0 saturated heterocycles. The number of rotatable bonds is 5. The van der Waals surface area contributed by atoms with E-state index in [4.69, 9.17) is 5.11 Å². The zero-order chi connectivity index (χ0) is 14.8. The lowest BCUT2D eigenvalue weighted by Gasteiger charge is -2.17. The van der Waals surface area contributed by atoms with Crippen molar-refractivity contribution < 1.29 is 27.5 Å². The first kappa shape index (κ1) is 15.1. The van der Waals surface area contributed by atoms with Gasteiger partial charge in [0.2, 0.25) is 0 Å². The average molecular weight is 281 g/mol. The monoisotopic (exact) mass is 281 g/mol. The lowest BCUT2D eigenvalue weighted by Crippen LogP contribution is -2.35. The van der Waals surface area contributed by atoms with Gasteiger partial charge in [-0.3, -0.25) is 0 Å². The standard InChI is InChI=1S/C10H11F4N3O2/c1-4-5(2)16-17-7(6(4)8(18)19)15-3-10(13,14)9(11)12/h9H,3H2,1-2H3,(H,15,17)(H,18,19). The number of aromatic carboxylic acids is 1. The van der Waals surface area contributed by atoms with Gasteiger partial charge in [0.1, 0.15) is 5.56 Å². The molecule has 0 aliphatic rings. The van der Waals surface area contributed by atoms with E-state index in [1.807, 2.05) is 5.32 Å². The number of nitrogens with one attached hydrogen (secondary N) is 1. The van der Waals surface area contributed by atoms with Crippen LogP contribution >= 0.6 is 0 Å². The number of carboxylic acid groups (broad SMARTS) is 1. The molecule has 0 spiro atoms. The fourth-order valence-electron chi connectivity index (χ4n) is 1.27. The van der Waals surface area contributed by atoms with E-state index in [0.717, 1.165) is 0 Å². The van der Waals surface area contributed by atoms with E-state index in [-0.39, 0.29) is 11.1 Å². The molecule has 19 heavy (non-hydrogen) atoms. The van der Waals surface area contributed by atoms with Gasteiger partial charge in [-0.1, -0.05) is 0 Å². The van der Waals surface area contributed by atoms with Gasteiger partial charge in [-0.15, -0.1) is 5.10 Å². The molecule has 0 saturated carbocycles. The second kappa shape index (κ2) is 5.37. The number of nitrogens with zero attached hydrogens (tertiary/aromatic N) is 2. The van der Waals surface area contributed by atoms with Crippen molar-refractivity contribution in [1.82, 2.24) is 10.2 Å².